The summed E-state index contributed by atoms with van der Waals surface area (Å²) < 4.78 is 69.6. The summed E-state index contributed by atoms with van der Waals surface area (Å²) in [5.74, 6) is -2.13. The Balaban J connectivity index is 1.61. The highest BCUT2D eigenvalue weighted by Crippen LogP contribution is 2.43. The molecule has 1 aliphatic rings. The summed E-state index contributed by atoms with van der Waals surface area (Å²) in [4.78, 5) is 9.33. The number of methoxy groups -OCH3 is 1. The lowest BCUT2D eigenvalue weighted by molar-refractivity contribution is 0.0853. The molecular formula is C27H24F3N3O3S2. The first-order valence-electron chi connectivity index (χ1n) is 11.9. The highest BCUT2D eigenvalue weighted by atomic mass is 32.2. The SMILES string of the molecule is COCN(c1cccc(-c2nc(C3CCOCC3)sc2-c2ccncc2)c1F)S(=O)c1cc(F)ccc1F. The van der Waals surface area contributed by atoms with Gasteiger partial charge in [0, 0.05) is 44.2 Å². The van der Waals surface area contributed by atoms with Crippen LogP contribution in [0.2, 0.25) is 0 Å². The van der Waals surface area contributed by atoms with Crippen LogP contribution in [0, 0.1) is 17.5 Å². The Labute approximate surface area is 224 Å². The van der Waals surface area contributed by atoms with Crippen LogP contribution in [0.15, 0.2) is 65.8 Å². The number of aromatic nitrogens is 2. The Morgan fingerprint density at radius 2 is 1.87 bits per heavy atom. The van der Waals surface area contributed by atoms with Crippen molar-refractivity contribution in [3.05, 3.63) is 83.4 Å². The minimum absolute atomic E-state index is 0.0901. The quantitative estimate of drug-likeness (QED) is 0.237. The summed E-state index contributed by atoms with van der Waals surface area (Å²) in [6.45, 7) is 0.954. The van der Waals surface area contributed by atoms with Crippen molar-refractivity contribution < 1.29 is 26.9 Å². The Hall–Kier alpha value is -3.12. The molecule has 6 nitrogen and oxygen atoms in total. The van der Waals surface area contributed by atoms with Crippen molar-refractivity contribution in [2.75, 3.05) is 31.4 Å². The van der Waals surface area contributed by atoms with Crippen LogP contribution >= 0.6 is 11.3 Å². The molecule has 0 saturated carbocycles. The smallest absolute Gasteiger partial charge is 0.158 e. The Kier molecular flexibility index (Phi) is 8.18. The molecule has 0 radical (unpaired) electrons. The molecule has 5 rings (SSSR count). The fourth-order valence-electron chi connectivity index (χ4n) is 4.29. The molecule has 2 aromatic heterocycles. The summed E-state index contributed by atoms with van der Waals surface area (Å²) >= 11 is 1.50. The van der Waals surface area contributed by atoms with Crippen LogP contribution in [0.1, 0.15) is 23.8 Å². The summed E-state index contributed by atoms with van der Waals surface area (Å²) in [6.07, 6.45) is 4.98. The van der Waals surface area contributed by atoms with Crippen molar-refractivity contribution in [3.63, 3.8) is 0 Å². The number of pyridine rings is 1. The van der Waals surface area contributed by atoms with Crippen LogP contribution in [0.3, 0.4) is 0 Å². The highest BCUT2D eigenvalue weighted by molar-refractivity contribution is 7.86. The number of hydrogen-bond acceptors (Lipinski definition) is 6. The molecule has 4 aromatic rings. The van der Waals surface area contributed by atoms with Gasteiger partial charge in [0.15, 0.2) is 16.8 Å². The number of halogens is 3. The lowest BCUT2D eigenvalue weighted by atomic mass is 10.0. The Morgan fingerprint density at radius 1 is 1.11 bits per heavy atom. The van der Waals surface area contributed by atoms with Crippen molar-refractivity contribution in [1.29, 1.82) is 0 Å². The molecule has 0 bridgehead atoms. The molecule has 0 amide bonds. The molecule has 0 spiro atoms. The van der Waals surface area contributed by atoms with E-state index in [2.05, 4.69) is 4.98 Å². The van der Waals surface area contributed by atoms with E-state index in [0.717, 1.165) is 50.8 Å². The van der Waals surface area contributed by atoms with Gasteiger partial charge in [0.1, 0.15) is 18.4 Å². The predicted molar refractivity (Wildman–Crippen MR) is 141 cm³/mol. The van der Waals surface area contributed by atoms with Crippen molar-refractivity contribution in [1.82, 2.24) is 9.97 Å². The number of thiazole rings is 1. The number of benzene rings is 2. The normalized spacial score (nSPS) is 14.9. The first kappa shape index (κ1) is 26.5. The first-order chi connectivity index (χ1) is 18.5. The van der Waals surface area contributed by atoms with Crippen molar-refractivity contribution in [2.45, 2.75) is 23.7 Å². The molecule has 198 valence electrons. The average molecular weight is 560 g/mol. The van der Waals surface area contributed by atoms with Crippen molar-refractivity contribution in [2.24, 2.45) is 0 Å². The van der Waals surface area contributed by atoms with Crippen molar-refractivity contribution >= 4 is 28.0 Å². The van der Waals surface area contributed by atoms with Crippen LogP contribution in [0.5, 0.6) is 0 Å². The van der Waals surface area contributed by atoms with Crippen molar-refractivity contribution in [3.8, 4) is 21.7 Å². The zero-order chi connectivity index (χ0) is 26.6. The molecular weight excluding hydrogens is 535 g/mol. The van der Waals surface area contributed by atoms with Gasteiger partial charge >= 0.3 is 0 Å². The fraction of sp³-hybridized carbons (Fsp3) is 0.259. The van der Waals surface area contributed by atoms with E-state index in [1.165, 1.54) is 24.5 Å². The maximum absolute atomic E-state index is 16.3. The lowest BCUT2D eigenvalue weighted by Crippen LogP contribution is -2.29. The standard InChI is InChI=1S/C27H24F3N3O3S2/c1-35-16-33(38(34)23-15-19(28)5-6-21(23)29)22-4-2-3-20(24(22)30)25-26(17-7-11-31-12-8-17)37-27(32-25)18-9-13-36-14-10-18/h2-8,11-12,15,18H,9-10,13-14,16H2,1H3. The zero-order valence-corrected chi connectivity index (χ0v) is 22.0. The first-order valence-corrected chi connectivity index (χ1v) is 13.8. The number of hydrogen-bond donors (Lipinski definition) is 0. The van der Waals surface area contributed by atoms with E-state index < -0.39 is 33.3 Å². The second-order valence-corrected chi connectivity index (χ2v) is 11.0. The van der Waals surface area contributed by atoms with Gasteiger partial charge in [-0.1, -0.05) is 6.07 Å². The van der Waals surface area contributed by atoms with Crippen LogP contribution < -0.4 is 4.31 Å². The number of ether oxygens (including phenoxy) is 2. The van der Waals surface area contributed by atoms with E-state index in [-0.39, 0.29) is 23.9 Å². The molecule has 1 aliphatic heterocycles. The molecule has 0 N–H and O–H groups in total. The maximum atomic E-state index is 16.3. The van der Waals surface area contributed by atoms with E-state index in [0.29, 0.717) is 18.9 Å². The Bertz CT molecular complexity index is 1450. The third-order valence-electron chi connectivity index (χ3n) is 6.19. The molecule has 1 fully saturated rings. The van der Waals surface area contributed by atoms with E-state index in [1.807, 2.05) is 12.1 Å². The van der Waals surface area contributed by atoms with Gasteiger partial charge in [0.25, 0.3) is 0 Å². The molecule has 1 atom stereocenters. The monoisotopic (exact) mass is 559 g/mol. The van der Waals surface area contributed by atoms with Crippen LogP contribution in [0.4, 0.5) is 18.9 Å². The molecule has 3 heterocycles. The van der Waals surface area contributed by atoms with Gasteiger partial charge < -0.3 is 9.47 Å². The average Bonchev–Trinajstić information content (AvgIpc) is 3.39. The van der Waals surface area contributed by atoms with Gasteiger partial charge in [-0.25, -0.2) is 22.4 Å². The third kappa shape index (κ3) is 5.37. The van der Waals surface area contributed by atoms with Crippen LogP contribution in [-0.4, -0.2) is 41.2 Å². The van der Waals surface area contributed by atoms with Gasteiger partial charge in [0.2, 0.25) is 0 Å². The fourth-order valence-corrected chi connectivity index (χ4v) is 6.75. The van der Waals surface area contributed by atoms with E-state index in [4.69, 9.17) is 14.5 Å². The molecule has 1 unspecified atom stereocenters. The van der Waals surface area contributed by atoms with E-state index in [9.17, 15) is 13.0 Å². The second-order valence-electron chi connectivity index (χ2n) is 8.61. The molecule has 11 heteroatoms. The number of anilines is 1. The number of rotatable bonds is 8. The predicted octanol–water partition coefficient (Wildman–Crippen LogP) is 6.32. The molecule has 1 saturated heterocycles. The van der Waals surface area contributed by atoms with Gasteiger partial charge in [-0.3, -0.25) is 9.29 Å². The summed E-state index contributed by atoms with van der Waals surface area (Å²) in [5.41, 5.74) is 1.39. The van der Waals surface area contributed by atoms with Crippen LogP contribution in [-0.2, 0) is 20.5 Å². The third-order valence-corrected chi connectivity index (χ3v) is 8.85. The Morgan fingerprint density at radius 3 is 2.61 bits per heavy atom. The zero-order valence-electron chi connectivity index (χ0n) is 20.4. The number of nitrogens with zero attached hydrogens (tertiary/aromatic N) is 3. The van der Waals surface area contributed by atoms with E-state index >= 15 is 4.39 Å². The molecule has 0 aliphatic carbocycles. The largest absolute Gasteiger partial charge is 0.381 e. The molecule has 2 aromatic carbocycles. The lowest BCUT2D eigenvalue weighted by Gasteiger charge is -2.24. The van der Waals surface area contributed by atoms with E-state index in [1.54, 1.807) is 24.5 Å². The molecule has 38 heavy (non-hydrogen) atoms. The van der Waals surface area contributed by atoms with Gasteiger partial charge in [-0.15, -0.1) is 11.3 Å². The summed E-state index contributed by atoms with van der Waals surface area (Å²) in [5, 5.41) is 0.888. The van der Waals surface area contributed by atoms with Gasteiger partial charge in [-0.05, 0) is 60.9 Å². The van der Waals surface area contributed by atoms with Gasteiger partial charge in [-0.2, -0.15) is 0 Å². The summed E-state index contributed by atoms with van der Waals surface area (Å²) in [6, 6.07) is 11.0. The van der Waals surface area contributed by atoms with Crippen LogP contribution in [0.25, 0.3) is 21.7 Å². The second kappa shape index (κ2) is 11.7. The topological polar surface area (TPSA) is 64.6 Å². The summed E-state index contributed by atoms with van der Waals surface area (Å²) in [7, 11) is -0.952. The minimum atomic E-state index is -2.30. The highest BCUT2D eigenvalue weighted by Gasteiger charge is 2.28. The van der Waals surface area contributed by atoms with Gasteiger partial charge in [0.05, 0.1) is 26.2 Å². The minimum Gasteiger partial charge on any atom is -0.381 e. The maximum Gasteiger partial charge on any atom is 0.158 e.